The second-order valence-electron chi connectivity index (χ2n) is 7.68. The Morgan fingerprint density at radius 3 is 2.42 bits per heavy atom. The fourth-order valence-corrected chi connectivity index (χ4v) is 2.70. The lowest BCUT2D eigenvalue weighted by atomic mass is 9.95. The van der Waals surface area contributed by atoms with Crippen LogP contribution >= 0.6 is 15.9 Å². The molecule has 0 spiro atoms. The van der Waals surface area contributed by atoms with Crippen LogP contribution in [0.15, 0.2) is 22.7 Å². The minimum absolute atomic E-state index is 0.0707. The fraction of sp³-hybridized carbons (Fsp3) is 0.611. The van der Waals surface area contributed by atoms with Gasteiger partial charge in [-0.3, -0.25) is 0 Å². The van der Waals surface area contributed by atoms with Gasteiger partial charge in [0.1, 0.15) is 12.2 Å². The van der Waals surface area contributed by atoms with E-state index in [0.717, 1.165) is 0 Å². The summed E-state index contributed by atoms with van der Waals surface area (Å²) < 4.78 is 25.7. The van der Waals surface area contributed by atoms with Gasteiger partial charge in [-0.05, 0) is 58.2 Å². The first-order valence-electron chi connectivity index (χ1n) is 7.99. The van der Waals surface area contributed by atoms with Crippen molar-refractivity contribution in [3.8, 4) is 5.75 Å². The number of nitrogens with one attached hydrogen (secondary N) is 1. The van der Waals surface area contributed by atoms with Crippen LogP contribution in [0, 0.1) is 11.7 Å². The second-order valence-corrected chi connectivity index (χ2v) is 8.59. The number of hydrogen-bond donors (Lipinski definition) is 1. The number of hydrogen-bond acceptors (Lipinski definition) is 3. The van der Waals surface area contributed by atoms with Crippen LogP contribution in [0.3, 0.4) is 0 Å². The molecule has 1 N–H and O–H groups in total. The van der Waals surface area contributed by atoms with E-state index in [0.29, 0.717) is 10.9 Å². The molecule has 1 aromatic rings. The average Bonchev–Trinajstić information content (AvgIpc) is 2.33. The molecule has 0 fully saturated rings. The van der Waals surface area contributed by atoms with Gasteiger partial charge < -0.3 is 14.8 Å². The molecule has 0 bridgehead atoms. The summed E-state index contributed by atoms with van der Waals surface area (Å²) in [5.74, 6) is -0.0424. The van der Waals surface area contributed by atoms with E-state index in [1.165, 1.54) is 6.07 Å². The highest BCUT2D eigenvalue weighted by molar-refractivity contribution is 9.10. The molecule has 0 aromatic heterocycles. The Labute approximate surface area is 152 Å². The summed E-state index contributed by atoms with van der Waals surface area (Å²) in [7, 11) is 0. The van der Waals surface area contributed by atoms with Gasteiger partial charge in [-0.25, -0.2) is 9.18 Å². The van der Waals surface area contributed by atoms with Crippen LogP contribution in [0.4, 0.5) is 9.18 Å². The van der Waals surface area contributed by atoms with Gasteiger partial charge in [-0.2, -0.15) is 0 Å². The van der Waals surface area contributed by atoms with Gasteiger partial charge in [0.2, 0.25) is 0 Å². The van der Waals surface area contributed by atoms with Crippen LogP contribution in [-0.4, -0.2) is 23.8 Å². The standard InChI is InChI=1S/C18H27BrFNO3/c1-12(2)10-18(6,24-16(22)21-17(3,4)5)11-23-15-8-7-13(19)9-14(15)20/h7-9,12H,10-11H2,1-6H3,(H,21,22)/t18-/m0/s1. The maximum Gasteiger partial charge on any atom is 0.408 e. The SMILES string of the molecule is CC(C)C[C@@](C)(COc1ccc(Br)cc1F)OC(=O)NC(C)(C)C. The van der Waals surface area contributed by atoms with Gasteiger partial charge in [0, 0.05) is 10.0 Å². The summed E-state index contributed by atoms with van der Waals surface area (Å²) in [5.41, 5.74) is -1.25. The Balaban J connectivity index is 2.81. The van der Waals surface area contributed by atoms with Crippen molar-refractivity contribution >= 4 is 22.0 Å². The zero-order chi connectivity index (χ0) is 18.5. The molecular formula is C18H27BrFNO3. The first-order valence-corrected chi connectivity index (χ1v) is 8.78. The first kappa shape index (κ1) is 20.7. The van der Waals surface area contributed by atoms with E-state index in [4.69, 9.17) is 9.47 Å². The molecule has 1 aromatic carbocycles. The number of alkyl carbamates (subject to hydrolysis) is 1. The third-order valence-electron chi connectivity index (χ3n) is 3.08. The molecule has 0 aliphatic rings. The normalized spacial score (nSPS) is 14.2. The number of halogens is 2. The quantitative estimate of drug-likeness (QED) is 0.700. The maximum absolute atomic E-state index is 13.9. The summed E-state index contributed by atoms with van der Waals surface area (Å²) in [6.45, 7) is 11.6. The molecule has 136 valence electrons. The topological polar surface area (TPSA) is 47.6 Å². The van der Waals surface area contributed by atoms with Crippen molar-refractivity contribution in [2.24, 2.45) is 5.92 Å². The Morgan fingerprint density at radius 1 is 1.29 bits per heavy atom. The van der Waals surface area contributed by atoms with E-state index in [1.54, 1.807) is 19.1 Å². The Bertz CT molecular complexity index is 572. The molecule has 1 amide bonds. The highest BCUT2D eigenvalue weighted by atomic mass is 79.9. The van der Waals surface area contributed by atoms with Crippen LogP contribution in [0.25, 0.3) is 0 Å². The summed E-state index contributed by atoms with van der Waals surface area (Å²) in [4.78, 5) is 12.1. The van der Waals surface area contributed by atoms with Crippen molar-refractivity contribution in [2.75, 3.05) is 6.61 Å². The smallest absolute Gasteiger partial charge is 0.408 e. The molecule has 0 aliphatic carbocycles. The molecule has 1 atom stereocenters. The van der Waals surface area contributed by atoms with Crippen molar-refractivity contribution in [2.45, 2.75) is 59.1 Å². The van der Waals surface area contributed by atoms with Gasteiger partial charge in [0.25, 0.3) is 0 Å². The molecule has 24 heavy (non-hydrogen) atoms. The predicted molar refractivity (Wildman–Crippen MR) is 96.8 cm³/mol. The zero-order valence-electron chi connectivity index (χ0n) is 15.2. The summed E-state index contributed by atoms with van der Waals surface area (Å²) in [6, 6.07) is 4.58. The van der Waals surface area contributed by atoms with Crippen molar-refractivity contribution in [3.05, 3.63) is 28.5 Å². The molecule has 0 saturated heterocycles. The van der Waals surface area contributed by atoms with E-state index in [-0.39, 0.29) is 18.3 Å². The lowest BCUT2D eigenvalue weighted by Gasteiger charge is -2.32. The van der Waals surface area contributed by atoms with E-state index in [9.17, 15) is 9.18 Å². The van der Waals surface area contributed by atoms with Crippen LogP contribution in [0.1, 0.15) is 48.0 Å². The van der Waals surface area contributed by atoms with Gasteiger partial charge in [-0.15, -0.1) is 0 Å². The van der Waals surface area contributed by atoms with Gasteiger partial charge in [0.15, 0.2) is 11.6 Å². The maximum atomic E-state index is 13.9. The van der Waals surface area contributed by atoms with Crippen molar-refractivity contribution in [3.63, 3.8) is 0 Å². The second kappa shape index (κ2) is 8.19. The Hall–Kier alpha value is -1.30. The minimum atomic E-state index is -0.858. The Morgan fingerprint density at radius 2 is 1.92 bits per heavy atom. The van der Waals surface area contributed by atoms with Crippen LogP contribution < -0.4 is 10.1 Å². The highest BCUT2D eigenvalue weighted by Crippen LogP contribution is 2.26. The van der Waals surface area contributed by atoms with E-state index in [1.807, 2.05) is 34.6 Å². The zero-order valence-corrected chi connectivity index (χ0v) is 16.8. The third-order valence-corrected chi connectivity index (χ3v) is 3.58. The van der Waals surface area contributed by atoms with E-state index < -0.39 is 23.1 Å². The van der Waals surface area contributed by atoms with E-state index >= 15 is 0 Å². The van der Waals surface area contributed by atoms with Crippen LogP contribution in [0.2, 0.25) is 0 Å². The molecule has 0 radical (unpaired) electrons. The number of benzene rings is 1. The van der Waals surface area contributed by atoms with Gasteiger partial charge in [-0.1, -0.05) is 29.8 Å². The van der Waals surface area contributed by atoms with Crippen LogP contribution in [-0.2, 0) is 4.74 Å². The largest absolute Gasteiger partial charge is 0.486 e. The monoisotopic (exact) mass is 403 g/mol. The average molecular weight is 404 g/mol. The van der Waals surface area contributed by atoms with Gasteiger partial charge in [0.05, 0.1) is 0 Å². The summed E-state index contributed by atoms with van der Waals surface area (Å²) in [6.07, 6.45) is 0.0911. The number of carbonyl (C=O) groups excluding carboxylic acids is 1. The fourth-order valence-electron chi connectivity index (χ4n) is 2.37. The number of ether oxygens (including phenoxy) is 2. The number of amides is 1. The van der Waals surface area contributed by atoms with Crippen molar-refractivity contribution in [1.82, 2.24) is 5.32 Å². The molecule has 4 nitrogen and oxygen atoms in total. The minimum Gasteiger partial charge on any atom is -0.486 e. The third kappa shape index (κ3) is 7.51. The molecular weight excluding hydrogens is 377 g/mol. The molecule has 0 aliphatic heterocycles. The molecule has 6 heteroatoms. The molecule has 1 rings (SSSR count). The number of rotatable bonds is 6. The van der Waals surface area contributed by atoms with Gasteiger partial charge >= 0.3 is 6.09 Å². The van der Waals surface area contributed by atoms with Crippen LogP contribution in [0.5, 0.6) is 5.75 Å². The predicted octanol–water partition coefficient (Wildman–Crippen LogP) is 5.30. The first-order chi connectivity index (χ1) is 10.9. The molecule has 0 heterocycles. The summed E-state index contributed by atoms with van der Waals surface area (Å²) in [5, 5.41) is 2.77. The highest BCUT2D eigenvalue weighted by Gasteiger charge is 2.32. The lowest BCUT2D eigenvalue weighted by Crippen LogP contribution is -2.47. The van der Waals surface area contributed by atoms with E-state index in [2.05, 4.69) is 21.2 Å². The Kier molecular flexibility index (Phi) is 7.08. The molecule has 0 unspecified atom stereocenters. The van der Waals surface area contributed by atoms with Crippen molar-refractivity contribution in [1.29, 1.82) is 0 Å². The lowest BCUT2D eigenvalue weighted by molar-refractivity contribution is -0.0257. The molecule has 0 saturated carbocycles. The van der Waals surface area contributed by atoms with Crippen molar-refractivity contribution < 1.29 is 18.7 Å². The number of carbonyl (C=O) groups is 1. The summed E-state index contributed by atoms with van der Waals surface area (Å²) >= 11 is 3.21.